The minimum absolute atomic E-state index is 0.0430. The number of aliphatic hydroxyl groups excluding tert-OH is 1. The van der Waals surface area contributed by atoms with Gasteiger partial charge in [0.2, 0.25) is 5.91 Å². The Morgan fingerprint density at radius 2 is 1.89 bits per heavy atom. The molecule has 0 spiro atoms. The van der Waals surface area contributed by atoms with Crippen LogP contribution in [-0.2, 0) is 22.2 Å². The maximum absolute atomic E-state index is 13.4. The Hall–Kier alpha value is -3.46. The fraction of sp³-hybridized carbons (Fsp3) is 0.407. The highest BCUT2D eigenvalue weighted by Crippen LogP contribution is 2.52. The van der Waals surface area contributed by atoms with Crippen molar-refractivity contribution in [2.24, 2.45) is 4.99 Å². The molecule has 0 saturated heterocycles. The van der Waals surface area contributed by atoms with Gasteiger partial charge in [-0.15, -0.1) is 8.78 Å². The normalized spacial score (nSPS) is 18.2. The predicted molar refractivity (Wildman–Crippen MR) is 133 cm³/mol. The summed E-state index contributed by atoms with van der Waals surface area (Å²) >= 11 is 0. The number of nitrogens with one attached hydrogen (secondary N) is 1. The number of hydrogen-bond acceptors (Lipinski definition) is 5. The summed E-state index contributed by atoms with van der Waals surface area (Å²) < 4.78 is 38.0. The maximum atomic E-state index is 13.4. The number of hydrogen-bond donors (Lipinski definition) is 2. The molecule has 1 amide bonds. The van der Waals surface area contributed by atoms with Crippen LogP contribution < -0.4 is 14.8 Å². The van der Waals surface area contributed by atoms with Gasteiger partial charge in [0, 0.05) is 27.7 Å². The molecular formula is C27H29F2N3O4. The summed E-state index contributed by atoms with van der Waals surface area (Å²) in [5.41, 5.74) is 2.29. The Labute approximate surface area is 207 Å². The van der Waals surface area contributed by atoms with Crippen molar-refractivity contribution in [3.05, 3.63) is 53.7 Å². The molecule has 5 rings (SSSR count). The summed E-state index contributed by atoms with van der Waals surface area (Å²) in [5.74, 6) is -0.308. The number of benzene rings is 2. The number of carbonyl (C=O) groups is 1. The van der Waals surface area contributed by atoms with Crippen molar-refractivity contribution in [2.75, 3.05) is 11.9 Å². The Morgan fingerprint density at radius 3 is 2.56 bits per heavy atom. The lowest BCUT2D eigenvalue weighted by Gasteiger charge is -2.23. The van der Waals surface area contributed by atoms with Crippen LogP contribution in [0, 0.1) is 0 Å². The number of alkyl halides is 2. The molecule has 190 valence electrons. The first-order chi connectivity index (χ1) is 16.9. The summed E-state index contributed by atoms with van der Waals surface area (Å²) in [6.07, 6.45) is -3.14. The quantitative estimate of drug-likeness (QED) is 0.451. The number of aromatic nitrogens is 1. The third-order valence-electron chi connectivity index (χ3n) is 6.80. The van der Waals surface area contributed by atoms with Crippen LogP contribution in [0.3, 0.4) is 0 Å². The zero-order valence-electron chi connectivity index (χ0n) is 20.5. The maximum Gasteiger partial charge on any atom is 0.586 e. The fourth-order valence-corrected chi connectivity index (χ4v) is 4.85. The summed E-state index contributed by atoms with van der Waals surface area (Å²) in [6, 6.07) is 12.3. The number of ether oxygens (including phenoxy) is 2. The van der Waals surface area contributed by atoms with Crippen LogP contribution in [0.1, 0.15) is 44.9 Å². The van der Waals surface area contributed by atoms with E-state index < -0.39 is 17.8 Å². The van der Waals surface area contributed by atoms with Crippen molar-refractivity contribution < 1.29 is 28.2 Å². The van der Waals surface area contributed by atoms with E-state index in [-0.39, 0.29) is 29.4 Å². The molecule has 9 heteroatoms. The number of amides is 1. The number of fused-ring (bicyclic) bond motifs is 2. The van der Waals surface area contributed by atoms with Gasteiger partial charge in [-0.2, -0.15) is 0 Å². The van der Waals surface area contributed by atoms with E-state index in [1.54, 1.807) is 6.07 Å². The molecule has 7 nitrogen and oxygen atoms in total. The lowest BCUT2D eigenvalue weighted by atomic mass is 9.92. The van der Waals surface area contributed by atoms with Crippen molar-refractivity contribution in [1.82, 2.24) is 4.57 Å². The lowest BCUT2D eigenvalue weighted by molar-refractivity contribution is -0.286. The molecule has 1 aliphatic heterocycles. The lowest BCUT2D eigenvalue weighted by Crippen LogP contribution is -2.28. The molecule has 3 aromatic rings. The number of carbonyl (C=O) groups excluding carboxylic acids is 1. The highest BCUT2D eigenvalue weighted by molar-refractivity contribution is 6.02. The van der Waals surface area contributed by atoms with Crippen LogP contribution in [0.15, 0.2) is 47.5 Å². The number of nitrogens with zero attached hydrogens (tertiary/aromatic N) is 2. The second-order valence-electron chi connectivity index (χ2n) is 10.6. The largest absolute Gasteiger partial charge is 0.586 e. The molecule has 1 aliphatic carbocycles. The van der Waals surface area contributed by atoms with Crippen molar-refractivity contribution in [3.8, 4) is 11.5 Å². The second-order valence-corrected chi connectivity index (χ2v) is 10.6. The van der Waals surface area contributed by atoms with Gasteiger partial charge in [-0.05, 0) is 61.5 Å². The van der Waals surface area contributed by atoms with Crippen molar-refractivity contribution >= 4 is 29.2 Å². The highest BCUT2D eigenvalue weighted by Gasteiger charge is 2.52. The average molecular weight is 498 g/mol. The standard InChI is InChI=1S/C27H29F2N3O4/c1-25(2,3)23-12-16-11-18(6-7-20(16)32(23)15-19(33)14-30-4)31-24(34)26(9-10-26)17-5-8-21-22(13-17)36-27(28,29)35-21/h5-8,11-13,19,33H,4,9-10,14-15H2,1-3H3,(H,31,34)/t19-/m0/s1. The van der Waals surface area contributed by atoms with Crippen LogP contribution in [-0.4, -0.2) is 41.2 Å². The van der Waals surface area contributed by atoms with E-state index in [1.165, 1.54) is 12.1 Å². The van der Waals surface area contributed by atoms with Crippen molar-refractivity contribution in [1.29, 1.82) is 0 Å². The van der Waals surface area contributed by atoms with E-state index in [9.17, 15) is 18.7 Å². The van der Waals surface area contributed by atoms with Crippen LogP contribution >= 0.6 is 0 Å². The highest BCUT2D eigenvalue weighted by atomic mass is 19.3. The van der Waals surface area contributed by atoms with Crippen molar-refractivity contribution in [2.45, 2.75) is 63.4 Å². The SMILES string of the molecule is C=NC[C@H](O)Cn1c(C(C)(C)C)cc2cc(NC(=O)C3(c4ccc5c(c4)OC(F)(F)O5)CC3)ccc21. The van der Waals surface area contributed by atoms with Gasteiger partial charge in [-0.1, -0.05) is 26.8 Å². The van der Waals surface area contributed by atoms with Gasteiger partial charge in [-0.25, -0.2) is 0 Å². The van der Waals surface area contributed by atoms with Crippen LogP contribution in [0.4, 0.5) is 14.5 Å². The molecule has 36 heavy (non-hydrogen) atoms. The van der Waals surface area contributed by atoms with Gasteiger partial charge in [0.25, 0.3) is 0 Å². The Morgan fingerprint density at radius 1 is 1.17 bits per heavy atom. The van der Waals surface area contributed by atoms with E-state index >= 15 is 0 Å². The topological polar surface area (TPSA) is 85.1 Å². The molecular weight excluding hydrogens is 468 g/mol. The molecule has 0 bridgehead atoms. The fourth-order valence-electron chi connectivity index (χ4n) is 4.85. The van der Waals surface area contributed by atoms with Gasteiger partial charge < -0.3 is 24.5 Å². The third kappa shape index (κ3) is 4.32. The molecule has 1 fully saturated rings. The molecule has 1 aromatic heterocycles. The predicted octanol–water partition coefficient (Wildman–Crippen LogP) is 4.99. The van der Waals surface area contributed by atoms with Crippen LogP contribution in [0.5, 0.6) is 11.5 Å². The van der Waals surface area contributed by atoms with Crippen LogP contribution in [0.2, 0.25) is 0 Å². The smallest absolute Gasteiger partial charge is 0.395 e. The van der Waals surface area contributed by atoms with Crippen molar-refractivity contribution in [3.63, 3.8) is 0 Å². The second kappa shape index (κ2) is 8.30. The number of anilines is 1. The zero-order valence-corrected chi connectivity index (χ0v) is 20.5. The Kier molecular flexibility index (Phi) is 5.59. The van der Waals surface area contributed by atoms with E-state index in [0.717, 1.165) is 16.6 Å². The van der Waals surface area contributed by atoms with Gasteiger partial charge in [0.05, 0.1) is 24.6 Å². The minimum atomic E-state index is -3.70. The Balaban J connectivity index is 1.41. The monoisotopic (exact) mass is 497 g/mol. The first-order valence-corrected chi connectivity index (χ1v) is 11.9. The van der Waals surface area contributed by atoms with Gasteiger partial charge in [0.1, 0.15) is 0 Å². The molecule has 2 heterocycles. The minimum Gasteiger partial charge on any atom is -0.395 e. The molecule has 1 atom stereocenters. The first-order valence-electron chi connectivity index (χ1n) is 11.9. The molecule has 2 aliphatic rings. The van der Waals surface area contributed by atoms with Gasteiger partial charge in [-0.3, -0.25) is 9.79 Å². The van der Waals surface area contributed by atoms with E-state index in [0.29, 0.717) is 30.6 Å². The van der Waals surface area contributed by atoms with E-state index in [1.807, 2.05) is 18.2 Å². The Bertz CT molecular complexity index is 1360. The summed E-state index contributed by atoms with van der Waals surface area (Å²) in [7, 11) is 0. The number of rotatable bonds is 7. The first kappa shape index (κ1) is 24.2. The molecule has 0 unspecified atom stereocenters. The van der Waals surface area contributed by atoms with E-state index in [4.69, 9.17) is 0 Å². The zero-order chi connectivity index (χ0) is 25.9. The molecule has 2 N–H and O–H groups in total. The summed E-state index contributed by atoms with van der Waals surface area (Å²) in [5, 5.41) is 14.3. The number of halogens is 2. The summed E-state index contributed by atoms with van der Waals surface area (Å²) in [6.45, 7) is 10.4. The number of aliphatic hydroxyl groups is 1. The third-order valence-corrected chi connectivity index (χ3v) is 6.80. The van der Waals surface area contributed by atoms with Gasteiger partial charge >= 0.3 is 6.29 Å². The van der Waals surface area contributed by atoms with E-state index in [2.05, 4.69) is 57.9 Å². The molecule has 1 saturated carbocycles. The number of aliphatic imine (C=N–C) groups is 1. The molecule has 2 aromatic carbocycles. The van der Waals surface area contributed by atoms with Gasteiger partial charge in [0.15, 0.2) is 11.5 Å². The average Bonchev–Trinajstić information content (AvgIpc) is 3.43. The van der Waals surface area contributed by atoms with Crippen LogP contribution in [0.25, 0.3) is 10.9 Å². The summed E-state index contributed by atoms with van der Waals surface area (Å²) in [4.78, 5) is 17.1. The molecule has 0 radical (unpaired) electrons.